The number of hydrogen-bond donors (Lipinski definition) is 2. The van der Waals surface area contributed by atoms with Gasteiger partial charge < -0.3 is 11.1 Å². The summed E-state index contributed by atoms with van der Waals surface area (Å²) in [6, 6.07) is 4.22. The molecule has 1 aromatic heterocycles. The molecule has 0 bridgehead atoms. The van der Waals surface area contributed by atoms with Gasteiger partial charge in [0.2, 0.25) is 5.91 Å². The SMILES string of the molecule is CCC(CC)(CN)C(=O)NCCc1ccc(I)s1.Cl. The maximum atomic E-state index is 12.2. The molecule has 0 fully saturated rings. The summed E-state index contributed by atoms with van der Waals surface area (Å²) in [6.45, 7) is 5.16. The molecule has 3 nitrogen and oxygen atoms in total. The first-order chi connectivity index (χ1) is 8.57. The van der Waals surface area contributed by atoms with Crippen LogP contribution in [-0.2, 0) is 11.2 Å². The Hall–Kier alpha value is 0.150. The molecule has 3 N–H and O–H groups in total. The molecule has 0 saturated carbocycles. The van der Waals surface area contributed by atoms with Gasteiger partial charge >= 0.3 is 0 Å². The fraction of sp³-hybridized carbons (Fsp3) is 0.615. The quantitative estimate of drug-likeness (QED) is 0.671. The second-order valence-corrected chi connectivity index (χ2v) is 7.47. The highest BCUT2D eigenvalue weighted by Crippen LogP contribution is 2.25. The van der Waals surface area contributed by atoms with Gasteiger partial charge in [0.05, 0.1) is 8.30 Å². The Kier molecular flexibility index (Phi) is 9.23. The Balaban J connectivity index is 0.00000324. The highest BCUT2D eigenvalue weighted by atomic mass is 127. The van der Waals surface area contributed by atoms with Gasteiger partial charge in [-0.25, -0.2) is 0 Å². The molecular weight excluding hydrogens is 395 g/mol. The molecule has 1 aromatic rings. The van der Waals surface area contributed by atoms with Crippen LogP contribution in [0, 0.1) is 8.30 Å². The summed E-state index contributed by atoms with van der Waals surface area (Å²) in [6.07, 6.45) is 2.49. The number of carbonyl (C=O) groups excluding carboxylic acids is 1. The number of halogens is 2. The van der Waals surface area contributed by atoms with Crippen molar-refractivity contribution >= 4 is 52.2 Å². The zero-order valence-corrected chi connectivity index (χ0v) is 15.2. The standard InChI is InChI=1S/C13H21IN2OS.ClH/c1-3-13(4-2,9-15)12(17)16-8-7-10-5-6-11(14)18-10;/h5-6H,3-4,7-9,15H2,1-2H3,(H,16,17);1H. The Bertz CT molecular complexity index is 385. The molecule has 6 heteroatoms. The van der Waals surface area contributed by atoms with E-state index in [1.54, 1.807) is 11.3 Å². The average molecular weight is 417 g/mol. The van der Waals surface area contributed by atoms with Crippen LogP contribution in [0.25, 0.3) is 0 Å². The third-order valence-electron chi connectivity index (χ3n) is 3.51. The molecule has 110 valence electrons. The molecule has 0 aliphatic carbocycles. The van der Waals surface area contributed by atoms with E-state index in [9.17, 15) is 4.79 Å². The second kappa shape index (κ2) is 9.15. The van der Waals surface area contributed by atoms with Crippen LogP contribution in [0.4, 0.5) is 0 Å². The molecule has 0 aliphatic heterocycles. The van der Waals surface area contributed by atoms with Crippen molar-refractivity contribution < 1.29 is 4.79 Å². The minimum absolute atomic E-state index is 0. The van der Waals surface area contributed by atoms with Crippen LogP contribution in [-0.4, -0.2) is 19.0 Å². The Morgan fingerprint density at radius 1 is 1.42 bits per heavy atom. The summed E-state index contributed by atoms with van der Waals surface area (Å²) in [4.78, 5) is 13.5. The molecule has 0 unspecified atom stereocenters. The molecule has 0 aromatic carbocycles. The molecule has 1 heterocycles. The summed E-state index contributed by atoms with van der Waals surface area (Å²) >= 11 is 4.09. The smallest absolute Gasteiger partial charge is 0.227 e. The van der Waals surface area contributed by atoms with Crippen molar-refractivity contribution in [2.45, 2.75) is 33.1 Å². The van der Waals surface area contributed by atoms with Gasteiger partial charge in [0.15, 0.2) is 0 Å². The third-order valence-corrected chi connectivity index (χ3v) is 5.47. The van der Waals surface area contributed by atoms with E-state index in [1.807, 2.05) is 13.8 Å². The monoisotopic (exact) mass is 416 g/mol. The van der Waals surface area contributed by atoms with Gasteiger partial charge in [-0.15, -0.1) is 23.7 Å². The predicted octanol–water partition coefficient (Wildman–Crippen LogP) is 3.20. The predicted molar refractivity (Wildman–Crippen MR) is 93.1 cm³/mol. The third kappa shape index (κ3) is 5.21. The van der Waals surface area contributed by atoms with Crippen LogP contribution in [0.5, 0.6) is 0 Å². The summed E-state index contributed by atoms with van der Waals surface area (Å²) in [5, 5.41) is 3.02. The zero-order valence-electron chi connectivity index (χ0n) is 11.4. The van der Waals surface area contributed by atoms with Crippen LogP contribution in [0.15, 0.2) is 12.1 Å². The van der Waals surface area contributed by atoms with E-state index in [1.165, 1.54) is 7.76 Å². The van der Waals surface area contributed by atoms with Crippen molar-refractivity contribution in [1.82, 2.24) is 5.32 Å². The molecule has 0 saturated heterocycles. The van der Waals surface area contributed by atoms with Gasteiger partial charge in [-0.1, -0.05) is 13.8 Å². The van der Waals surface area contributed by atoms with Crippen molar-refractivity contribution in [3.8, 4) is 0 Å². The van der Waals surface area contributed by atoms with Crippen LogP contribution in [0.3, 0.4) is 0 Å². The first-order valence-electron chi connectivity index (χ1n) is 6.30. The minimum Gasteiger partial charge on any atom is -0.355 e. The van der Waals surface area contributed by atoms with E-state index in [0.717, 1.165) is 19.3 Å². The topological polar surface area (TPSA) is 55.1 Å². The van der Waals surface area contributed by atoms with E-state index >= 15 is 0 Å². The first-order valence-corrected chi connectivity index (χ1v) is 8.20. The van der Waals surface area contributed by atoms with Crippen molar-refractivity contribution in [2.24, 2.45) is 11.1 Å². The highest BCUT2D eigenvalue weighted by molar-refractivity contribution is 14.1. The van der Waals surface area contributed by atoms with E-state index in [-0.39, 0.29) is 23.7 Å². The van der Waals surface area contributed by atoms with E-state index < -0.39 is 0 Å². The van der Waals surface area contributed by atoms with Crippen molar-refractivity contribution in [3.05, 3.63) is 19.9 Å². The van der Waals surface area contributed by atoms with Gasteiger partial charge in [-0.3, -0.25) is 4.79 Å². The van der Waals surface area contributed by atoms with Gasteiger partial charge in [-0.2, -0.15) is 0 Å². The lowest BCUT2D eigenvalue weighted by Gasteiger charge is -2.28. The fourth-order valence-electron chi connectivity index (χ4n) is 1.93. The molecule has 0 radical (unpaired) electrons. The van der Waals surface area contributed by atoms with Crippen LogP contribution >= 0.6 is 46.3 Å². The van der Waals surface area contributed by atoms with Gasteiger partial charge in [0.1, 0.15) is 0 Å². The Labute approximate surface area is 139 Å². The maximum Gasteiger partial charge on any atom is 0.227 e. The maximum absolute atomic E-state index is 12.2. The number of thiophene rings is 1. The number of nitrogens with one attached hydrogen (secondary N) is 1. The van der Waals surface area contributed by atoms with Gasteiger partial charge in [0, 0.05) is 18.0 Å². The molecule has 0 aliphatic rings. The number of carbonyl (C=O) groups is 1. The minimum atomic E-state index is -0.385. The van der Waals surface area contributed by atoms with Gasteiger partial charge in [0.25, 0.3) is 0 Å². The van der Waals surface area contributed by atoms with E-state index in [0.29, 0.717) is 13.1 Å². The lowest BCUT2D eigenvalue weighted by molar-refractivity contribution is -0.130. The highest BCUT2D eigenvalue weighted by Gasteiger charge is 2.32. The molecular formula is C13H22ClIN2OS. The van der Waals surface area contributed by atoms with Crippen molar-refractivity contribution in [3.63, 3.8) is 0 Å². The average Bonchev–Trinajstić information content (AvgIpc) is 2.78. The summed E-state index contributed by atoms with van der Waals surface area (Å²) in [5.74, 6) is 0.0984. The van der Waals surface area contributed by atoms with Gasteiger partial charge in [-0.05, 0) is 54.0 Å². The lowest BCUT2D eigenvalue weighted by atomic mass is 9.81. The fourth-order valence-corrected chi connectivity index (χ4v) is 3.68. The summed E-state index contributed by atoms with van der Waals surface area (Å²) in [7, 11) is 0. The Morgan fingerprint density at radius 2 is 2.05 bits per heavy atom. The molecule has 1 rings (SSSR count). The van der Waals surface area contributed by atoms with Crippen LogP contribution in [0.2, 0.25) is 0 Å². The second-order valence-electron chi connectivity index (χ2n) is 4.40. The molecule has 19 heavy (non-hydrogen) atoms. The largest absolute Gasteiger partial charge is 0.355 e. The normalized spacial score (nSPS) is 10.9. The number of nitrogens with two attached hydrogens (primary N) is 1. The number of amides is 1. The molecule has 1 amide bonds. The molecule has 0 spiro atoms. The summed E-state index contributed by atoms with van der Waals surface area (Å²) < 4.78 is 1.28. The van der Waals surface area contributed by atoms with Crippen LogP contribution < -0.4 is 11.1 Å². The van der Waals surface area contributed by atoms with E-state index in [4.69, 9.17) is 5.73 Å². The van der Waals surface area contributed by atoms with Crippen molar-refractivity contribution in [1.29, 1.82) is 0 Å². The zero-order chi connectivity index (χ0) is 13.6. The lowest BCUT2D eigenvalue weighted by Crippen LogP contribution is -2.45. The first kappa shape index (κ1) is 19.1. The van der Waals surface area contributed by atoms with E-state index in [2.05, 4.69) is 40.0 Å². The number of rotatable bonds is 7. The Morgan fingerprint density at radius 3 is 2.47 bits per heavy atom. The van der Waals surface area contributed by atoms with Crippen molar-refractivity contribution in [2.75, 3.05) is 13.1 Å². The van der Waals surface area contributed by atoms with Crippen LogP contribution in [0.1, 0.15) is 31.6 Å². The summed E-state index contributed by atoms with van der Waals surface area (Å²) in [5.41, 5.74) is 5.37. The molecule has 0 atom stereocenters. The number of hydrogen-bond acceptors (Lipinski definition) is 3.